The summed E-state index contributed by atoms with van der Waals surface area (Å²) in [5.74, 6) is -0.416. The van der Waals surface area contributed by atoms with Crippen LogP contribution in [-0.4, -0.2) is 36.0 Å². The fraction of sp³-hybridized carbons (Fsp3) is 0.423. The highest BCUT2D eigenvalue weighted by Crippen LogP contribution is 2.57. The van der Waals surface area contributed by atoms with Gasteiger partial charge in [-0.2, -0.15) is 5.26 Å². The van der Waals surface area contributed by atoms with Crippen LogP contribution >= 0.6 is 11.6 Å². The van der Waals surface area contributed by atoms with Crippen LogP contribution < -0.4 is 10.2 Å². The van der Waals surface area contributed by atoms with Crippen molar-refractivity contribution in [1.29, 1.82) is 5.26 Å². The zero-order valence-corrected chi connectivity index (χ0v) is 20.1. The van der Waals surface area contributed by atoms with Crippen molar-refractivity contribution in [1.82, 2.24) is 10.2 Å². The van der Waals surface area contributed by atoms with Gasteiger partial charge in [-0.1, -0.05) is 50.1 Å². The zero-order chi connectivity index (χ0) is 24.5. The summed E-state index contributed by atoms with van der Waals surface area (Å²) < 4.78 is 14.0. The number of carbonyl (C=O) groups excluding carboxylic acids is 2. The molecule has 3 amide bonds. The largest absolute Gasteiger partial charge is 0.325 e. The molecule has 2 aliphatic rings. The molecular formula is C26H28ClFN4O2. The van der Waals surface area contributed by atoms with E-state index in [1.54, 1.807) is 34.1 Å². The zero-order valence-electron chi connectivity index (χ0n) is 19.3. The Bertz CT molecular complexity index is 1110. The van der Waals surface area contributed by atoms with Crippen molar-refractivity contribution in [2.24, 2.45) is 11.3 Å². The number of rotatable bonds is 5. The Balaban J connectivity index is 1.56. The van der Waals surface area contributed by atoms with Gasteiger partial charge in [-0.3, -0.25) is 4.79 Å². The lowest BCUT2D eigenvalue weighted by atomic mass is 9.62. The van der Waals surface area contributed by atoms with Crippen molar-refractivity contribution in [3.8, 4) is 6.07 Å². The van der Waals surface area contributed by atoms with Crippen LogP contribution in [0.15, 0.2) is 48.5 Å². The summed E-state index contributed by atoms with van der Waals surface area (Å²) >= 11 is 6.09. The smallest absolute Gasteiger partial charge is 0.318 e. The van der Waals surface area contributed by atoms with Gasteiger partial charge in [0.25, 0.3) is 0 Å². The highest BCUT2D eigenvalue weighted by molar-refractivity contribution is 6.30. The summed E-state index contributed by atoms with van der Waals surface area (Å²) in [5.41, 5.74) is 0.760. The first kappa shape index (κ1) is 24.0. The third-order valence-electron chi connectivity index (χ3n) is 7.27. The van der Waals surface area contributed by atoms with Gasteiger partial charge in [0.15, 0.2) is 0 Å². The van der Waals surface area contributed by atoms with Crippen molar-refractivity contribution >= 4 is 29.2 Å². The molecule has 0 aliphatic carbocycles. The molecule has 3 atom stereocenters. The lowest BCUT2D eigenvalue weighted by Gasteiger charge is -2.59. The van der Waals surface area contributed by atoms with Gasteiger partial charge in [0.05, 0.1) is 17.5 Å². The van der Waals surface area contributed by atoms with E-state index in [-0.39, 0.29) is 23.9 Å². The SMILES string of the molecule is CC[C@H](C)[C@@H](C#N)NC(=O)N1CCC2(CC1)C(=O)N(c1cccc(F)c1)C2c1ccc(Cl)cc1. The Morgan fingerprint density at radius 1 is 1.26 bits per heavy atom. The molecule has 1 spiro atoms. The minimum absolute atomic E-state index is 0.0485. The number of anilines is 1. The Labute approximate surface area is 204 Å². The number of benzene rings is 2. The first-order chi connectivity index (χ1) is 16.3. The van der Waals surface area contributed by atoms with Gasteiger partial charge in [-0.15, -0.1) is 0 Å². The van der Waals surface area contributed by atoms with Gasteiger partial charge >= 0.3 is 6.03 Å². The molecule has 6 nitrogen and oxygen atoms in total. The Morgan fingerprint density at radius 3 is 2.53 bits per heavy atom. The lowest BCUT2D eigenvalue weighted by molar-refractivity contribution is -0.144. The van der Waals surface area contributed by atoms with Gasteiger partial charge in [0.2, 0.25) is 5.91 Å². The summed E-state index contributed by atoms with van der Waals surface area (Å²) in [6, 6.07) is 14.5. The van der Waals surface area contributed by atoms with Crippen molar-refractivity contribution in [2.75, 3.05) is 18.0 Å². The van der Waals surface area contributed by atoms with Crippen LogP contribution in [0, 0.1) is 28.5 Å². The molecule has 2 aliphatic heterocycles. The maximum Gasteiger partial charge on any atom is 0.318 e. The molecule has 1 N–H and O–H groups in total. The van der Waals surface area contributed by atoms with Crippen LogP contribution in [0.1, 0.15) is 44.7 Å². The summed E-state index contributed by atoms with van der Waals surface area (Å²) in [6.45, 7) is 4.72. The number of hydrogen-bond donors (Lipinski definition) is 1. The minimum atomic E-state index is -0.678. The number of nitrogens with zero attached hydrogens (tertiary/aromatic N) is 3. The summed E-state index contributed by atoms with van der Waals surface area (Å²) in [7, 11) is 0. The van der Waals surface area contributed by atoms with Crippen LogP contribution in [0.3, 0.4) is 0 Å². The normalized spacial score (nSPS) is 20.9. The van der Waals surface area contributed by atoms with E-state index in [1.165, 1.54) is 12.1 Å². The van der Waals surface area contributed by atoms with Crippen LogP contribution in [0.5, 0.6) is 0 Å². The molecule has 4 rings (SSSR count). The predicted molar refractivity (Wildman–Crippen MR) is 129 cm³/mol. The minimum Gasteiger partial charge on any atom is -0.325 e. The Kier molecular flexibility index (Phi) is 6.81. The summed E-state index contributed by atoms with van der Waals surface area (Å²) in [4.78, 5) is 29.7. The number of hydrogen-bond acceptors (Lipinski definition) is 3. The van der Waals surface area contributed by atoms with Crippen molar-refractivity contribution < 1.29 is 14.0 Å². The summed E-state index contributed by atoms with van der Waals surface area (Å²) in [6.07, 6.45) is 1.76. The van der Waals surface area contributed by atoms with E-state index in [1.807, 2.05) is 26.0 Å². The number of β-lactam (4-membered cyclic amide) rings is 1. The van der Waals surface area contributed by atoms with Crippen LogP contribution in [-0.2, 0) is 4.79 Å². The number of likely N-dealkylation sites (tertiary alicyclic amines) is 1. The lowest BCUT2D eigenvalue weighted by Crippen LogP contribution is -2.67. The van der Waals surface area contributed by atoms with E-state index in [2.05, 4.69) is 11.4 Å². The van der Waals surface area contributed by atoms with Gasteiger partial charge in [0, 0.05) is 23.8 Å². The van der Waals surface area contributed by atoms with E-state index in [0.29, 0.717) is 36.6 Å². The second-order valence-electron chi connectivity index (χ2n) is 9.19. The quantitative estimate of drug-likeness (QED) is 0.588. The number of piperidine rings is 1. The average molecular weight is 483 g/mol. The topological polar surface area (TPSA) is 76.4 Å². The number of urea groups is 1. The fourth-order valence-electron chi connectivity index (χ4n) is 5.02. The molecule has 2 fully saturated rings. The molecule has 2 saturated heterocycles. The maximum absolute atomic E-state index is 14.0. The van der Waals surface area contributed by atoms with Gasteiger partial charge < -0.3 is 15.1 Å². The molecule has 0 aromatic heterocycles. The van der Waals surface area contributed by atoms with Crippen molar-refractivity contribution in [3.63, 3.8) is 0 Å². The average Bonchev–Trinajstić information content (AvgIpc) is 2.85. The summed E-state index contributed by atoms with van der Waals surface area (Å²) in [5, 5.41) is 12.8. The number of carbonyl (C=O) groups is 2. The number of halogens is 2. The van der Waals surface area contributed by atoms with Crippen molar-refractivity contribution in [3.05, 3.63) is 64.9 Å². The number of amides is 3. The monoisotopic (exact) mass is 482 g/mol. The second-order valence-corrected chi connectivity index (χ2v) is 9.63. The van der Waals surface area contributed by atoms with Gasteiger partial charge in [-0.05, 0) is 54.7 Å². The Hall–Kier alpha value is -3.11. The molecule has 0 radical (unpaired) electrons. The standard InChI is InChI=1S/C26H28ClFN4O2/c1-3-17(2)22(16-29)30-25(34)31-13-11-26(12-14-31)23(18-7-9-19(27)10-8-18)32(24(26)33)21-6-4-5-20(28)15-21/h4-10,15,17,22-23H,3,11-14H2,1-2H3,(H,30,34)/t17-,22+,23?/m0/s1. The van der Waals surface area contributed by atoms with E-state index < -0.39 is 17.3 Å². The third kappa shape index (κ3) is 4.23. The Morgan fingerprint density at radius 2 is 1.94 bits per heavy atom. The van der Waals surface area contributed by atoms with Crippen LogP contribution in [0.4, 0.5) is 14.9 Å². The molecule has 0 saturated carbocycles. The molecule has 2 aromatic carbocycles. The highest BCUT2D eigenvalue weighted by Gasteiger charge is 2.62. The second kappa shape index (κ2) is 9.63. The number of nitriles is 1. The highest BCUT2D eigenvalue weighted by atomic mass is 35.5. The number of nitrogens with one attached hydrogen (secondary N) is 1. The molecule has 178 valence electrons. The molecule has 34 heavy (non-hydrogen) atoms. The van der Waals surface area contributed by atoms with E-state index >= 15 is 0 Å². The maximum atomic E-state index is 14.0. The first-order valence-corrected chi connectivity index (χ1v) is 12.0. The van der Waals surface area contributed by atoms with Gasteiger partial charge in [-0.25, -0.2) is 9.18 Å². The molecule has 2 aromatic rings. The first-order valence-electron chi connectivity index (χ1n) is 11.6. The molecule has 8 heteroatoms. The molecular weight excluding hydrogens is 455 g/mol. The fourth-order valence-corrected chi connectivity index (χ4v) is 5.14. The predicted octanol–water partition coefficient (Wildman–Crippen LogP) is 5.30. The van der Waals surface area contributed by atoms with Crippen LogP contribution in [0.25, 0.3) is 0 Å². The van der Waals surface area contributed by atoms with E-state index in [9.17, 15) is 19.2 Å². The van der Waals surface area contributed by atoms with Gasteiger partial charge in [0.1, 0.15) is 11.9 Å². The molecule has 2 heterocycles. The van der Waals surface area contributed by atoms with E-state index in [0.717, 1.165) is 12.0 Å². The van der Waals surface area contributed by atoms with Crippen LogP contribution in [0.2, 0.25) is 5.02 Å². The van der Waals surface area contributed by atoms with Crippen molar-refractivity contribution in [2.45, 2.75) is 45.2 Å². The third-order valence-corrected chi connectivity index (χ3v) is 7.52. The van der Waals surface area contributed by atoms with E-state index in [4.69, 9.17) is 11.6 Å². The molecule has 1 unspecified atom stereocenters. The molecule has 0 bridgehead atoms.